The van der Waals surface area contributed by atoms with Crippen LogP contribution in [0.15, 0.2) is 0 Å². The van der Waals surface area contributed by atoms with Gasteiger partial charge in [-0.1, -0.05) is 40.5 Å². The minimum atomic E-state index is -0.687. The Morgan fingerprint density at radius 2 is 1.75 bits per heavy atom. The minimum absolute atomic E-state index is 0.0160. The molecule has 0 amide bonds. The van der Waals surface area contributed by atoms with Crippen molar-refractivity contribution in [3.8, 4) is 0 Å². The third-order valence-electron chi connectivity index (χ3n) is 11.0. The molecule has 2 N–H and O–H groups in total. The number of rotatable bonds is 4. The first-order valence-electron chi connectivity index (χ1n) is 12.0. The van der Waals surface area contributed by atoms with Crippen LogP contribution < -0.4 is 0 Å². The Balaban J connectivity index is 1.60. The van der Waals surface area contributed by atoms with Gasteiger partial charge in [-0.25, -0.2) is 0 Å². The lowest BCUT2D eigenvalue weighted by Gasteiger charge is -2.65. The van der Waals surface area contributed by atoms with Gasteiger partial charge in [0.05, 0.1) is 6.10 Å². The number of carbonyl (C=O) groups is 1. The van der Waals surface area contributed by atoms with Gasteiger partial charge in [-0.2, -0.15) is 0 Å². The topological polar surface area (TPSA) is 57.5 Å². The van der Waals surface area contributed by atoms with E-state index in [-0.39, 0.29) is 17.9 Å². The molecular formula is C25H42O3. The molecule has 0 radical (unpaired) electrons. The van der Waals surface area contributed by atoms with Crippen molar-refractivity contribution in [2.75, 3.05) is 0 Å². The van der Waals surface area contributed by atoms with Crippen molar-refractivity contribution in [1.82, 2.24) is 0 Å². The summed E-state index contributed by atoms with van der Waals surface area (Å²) in [4.78, 5) is 11.1. The Hall–Kier alpha value is -0.570. The number of hydrogen-bond donors (Lipinski definition) is 2. The van der Waals surface area contributed by atoms with Crippen molar-refractivity contribution in [3.63, 3.8) is 0 Å². The molecule has 0 aromatic carbocycles. The van der Waals surface area contributed by atoms with E-state index in [1.165, 1.54) is 51.4 Å². The van der Waals surface area contributed by atoms with E-state index >= 15 is 0 Å². The molecule has 0 aromatic rings. The number of hydrogen-bond acceptors (Lipinski definition) is 2. The average Bonchev–Trinajstić information content (AvgIpc) is 3.00. The average molecular weight is 391 g/mol. The number of carboxylic acids is 1. The second-order valence-corrected chi connectivity index (χ2v) is 11.8. The van der Waals surface area contributed by atoms with Gasteiger partial charge in [0, 0.05) is 6.42 Å². The lowest BCUT2D eigenvalue weighted by molar-refractivity contribution is -0.192. The van der Waals surface area contributed by atoms with Crippen LogP contribution in [0.1, 0.15) is 98.3 Å². The molecule has 3 heteroatoms. The van der Waals surface area contributed by atoms with Crippen molar-refractivity contribution in [2.45, 2.75) is 104 Å². The highest BCUT2D eigenvalue weighted by atomic mass is 16.4. The highest BCUT2D eigenvalue weighted by Crippen LogP contribution is 2.71. The van der Waals surface area contributed by atoms with Crippen LogP contribution in [-0.2, 0) is 4.79 Å². The van der Waals surface area contributed by atoms with Crippen molar-refractivity contribution in [3.05, 3.63) is 0 Å². The van der Waals surface area contributed by atoms with Gasteiger partial charge < -0.3 is 10.2 Å². The molecule has 4 rings (SSSR count). The van der Waals surface area contributed by atoms with Crippen LogP contribution in [0.5, 0.6) is 0 Å². The fraction of sp³-hybridized carbons (Fsp3) is 0.960. The van der Waals surface area contributed by atoms with E-state index in [0.29, 0.717) is 34.5 Å². The van der Waals surface area contributed by atoms with E-state index in [9.17, 15) is 9.90 Å². The molecule has 160 valence electrons. The molecular weight excluding hydrogens is 348 g/mol. The van der Waals surface area contributed by atoms with Gasteiger partial charge in [0.15, 0.2) is 0 Å². The van der Waals surface area contributed by atoms with Crippen LogP contribution in [0.25, 0.3) is 0 Å². The van der Waals surface area contributed by atoms with Gasteiger partial charge in [-0.3, -0.25) is 4.79 Å². The van der Waals surface area contributed by atoms with E-state index < -0.39 is 5.97 Å². The number of carboxylic acid groups (broad SMARTS) is 1. The minimum Gasteiger partial charge on any atom is -0.481 e. The van der Waals surface area contributed by atoms with Crippen LogP contribution in [0.2, 0.25) is 0 Å². The molecule has 0 aromatic heterocycles. The molecule has 0 heterocycles. The van der Waals surface area contributed by atoms with Gasteiger partial charge in [0.1, 0.15) is 0 Å². The van der Waals surface area contributed by atoms with Crippen molar-refractivity contribution >= 4 is 5.97 Å². The van der Waals surface area contributed by atoms with Gasteiger partial charge >= 0.3 is 5.97 Å². The van der Waals surface area contributed by atoms with Crippen LogP contribution in [0.3, 0.4) is 0 Å². The molecule has 4 aliphatic carbocycles. The summed E-state index contributed by atoms with van der Waals surface area (Å²) in [5.74, 6) is 2.24. The first kappa shape index (κ1) is 20.7. The first-order valence-corrected chi connectivity index (χ1v) is 12.0. The summed E-state index contributed by atoms with van der Waals surface area (Å²) in [6, 6.07) is 0. The molecule has 4 saturated carbocycles. The Morgan fingerprint density at radius 1 is 1.04 bits per heavy atom. The molecule has 28 heavy (non-hydrogen) atoms. The maximum absolute atomic E-state index is 11.5. The third kappa shape index (κ3) is 2.81. The van der Waals surface area contributed by atoms with Crippen LogP contribution >= 0.6 is 0 Å². The van der Waals surface area contributed by atoms with Gasteiger partial charge in [0.2, 0.25) is 0 Å². The molecule has 0 spiro atoms. The molecule has 4 fully saturated rings. The van der Waals surface area contributed by atoms with Crippen molar-refractivity contribution in [2.24, 2.45) is 45.8 Å². The second-order valence-electron chi connectivity index (χ2n) is 11.8. The van der Waals surface area contributed by atoms with Crippen molar-refractivity contribution in [1.29, 1.82) is 0 Å². The highest BCUT2D eigenvalue weighted by molar-refractivity contribution is 5.66. The smallest absolute Gasteiger partial charge is 0.303 e. The summed E-state index contributed by atoms with van der Waals surface area (Å²) in [5.41, 5.74) is 0.841. The fourth-order valence-corrected chi connectivity index (χ4v) is 9.08. The van der Waals surface area contributed by atoms with E-state index in [1.807, 2.05) is 0 Å². The van der Waals surface area contributed by atoms with E-state index in [0.717, 1.165) is 18.8 Å². The monoisotopic (exact) mass is 390 g/mol. The lowest BCUT2D eigenvalue weighted by atomic mass is 9.40. The first-order chi connectivity index (χ1) is 13.1. The standard InChI is InChI=1S/C25H42O3/c1-16(7-10-22(27)28)18-8-9-19-17-11-14-23(2)12-5-6-13-24(23,3)20(17)15-21(26)25(18,19)4/h16-21,26H,5-15H2,1-4H3,(H,27,28)/t16?,17?,18?,19?,20?,21?,23-,24+,25+/m0/s1. The molecule has 4 aliphatic rings. The number of fused-ring (bicyclic) bond motifs is 5. The predicted molar refractivity (Wildman–Crippen MR) is 112 cm³/mol. The van der Waals surface area contributed by atoms with Crippen LogP contribution in [0.4, 0.5) is 0 Å². The summed E-state index contributed by atoms with van der Waals surface area (Å²) in [6.07, 6.45) is 12.4. The molecule has 0 saturated heterocycles. The molecule has 0 aliphatic heterocycles. The number of aliphatic hydroxyl groups is 1. The van der Waals surface area contributed by atoms with Gasteiger partial charge in [0.25, 0.3) is 0 Å². The van der Waals surface area contributed by atoms with Gasteiger partial charge in [-0.05, 0) is 97.2 Å². The number of aliphatic carboxylic acids is 1. The summed E-state index contributed by atoms with van der Waals surface area (Å²) in [5, 5.41) is 20.7. The molecule has 0 bridgehead atoms. The van der Waals surface area contributed by atoms with Crippen LogP contribution in [0, 0.1) is 45.8 Å². The highest BCUT2D eigenvalue weighted by Gasteiger charge is 2.65. The molecule has 9 atom stereocenters. The van der Waals surface area contributed by atoms with E-state index in [1.54, 1.807) is 0 Å². The lowest BCUT2D eigenvalue weighted by Crippen LogP contribution is -2.60. The zero-order valence-electron chi connectivity index (χ0n) is 18.5. The Bertz CT molecular complexity index is 617. The van der Waals surface area contributed by atoms with E-state index in [2.05, 4.69) is 27.7 Å². The summed E-state index contributed by atoms with van der Waals surface area (Å²) < 4.78 is 0. The van der Waals surface area contributed by atoms with Crippen LogP contribution in [-0.4, -0.2) is 22.3 Å². The number of aliphatic hydroxyl groups excluding tert-OH is 1. The normalized spacial score (nSPS) is 51.7. The third-order valence-corrected chi connectivity index (χ3v) is 11.0. The summed E-state index contributed by atoms with van der Waals surface area (Å²) in [7, 11) is 0. The molecule has 6 unspecified atom stereocenters. The Labute approximate surface area is 171 Å². The Kier molecular flexibility index (Phi) is 5.17. The largest absolute Gasteiger partial charge is 0.481 e. The Morgan fingerprint density at radius 3 is 2.46 bits per heavy atom. The predicted octanol–water partition coefficient (Wildman–Crippen LogP) is 5.90. The maximum atomic E-state index is 11.5. The zero-order valence-corrected chi connectivity index (χ0v) is 18.5. The molecule has 3 nitrogen and oxygen atoms in total. The summed E-state index contributed by atoms with van der Waals surface area (Å²) >= 11 is 0. The fourth-order valence-electron chi connectivity index (χ4n) is 9.08. The van der Waals surface area contributed by atoms with Crippen molar-refractivity contribution < 1.29 is 15.0 Å². The maximum Gasteiger partial charge on any atom is 0.303 e. The SMILES string of the molecule is CC(CCC(=O)O)C1CCC2C3CC[C@]4(C)CCCC[C@]4(C)C3CC(O)[C@]12C. The summed E-state index contributed by atoms with van der Waals surface area (Å²) in [6.45, 7) is 9.72. The zero-order chi connectivity index (χ0) is 20.3. The quantitative estimate of drug-likeness (QED) is 0.628. The second kappa shape index (κ2) is 7.00. The van der Waals surface area contributed by atoms with Gasteiger partial charge in [-0.15, -0.1) is 0 Å². The van der Waals surface area contributed by atoms with E-state index in [4.69, 9.17) is 5.11 Å².